The molecule has 0 saturated carbocycles. The summed E-state index contributed by atoms with van der Waals surface area (Å²) in [5.41, 5.74) is 5.35. The summed E-state index contributed by atoms with van der Waals surface area (Å²) in [5, 5.41) is 23.1. The summed E-state index contributed by atoms with van der Waals surface area (Å²) in [6, 6.07) is 11.7. The van der Waals surface area contributed by atoms with Crippen molar-refractivity contribution in [3.05, 3.63) is 101 Å². The van der Waals surface area contributed by atoms with Crippen molar-refractivity contribution in [2.75, 3.05) is 18.5 Å². The van der Waals surface area contributed by atoms with Crippen molar-refractivity contribution in [2.45, 2.75) is 33.4 Å². The topological polar surface area (TPSA) is 117 Å². The second-order valence-electron chi connectivity index (χ2n) is 8.20. The molecule has 1 aliphatic rings. The number of carboxylic acids is 1. The van der Waals surface area contributed by atoms with Gasteiger partial charge in [0.05, 0.1) is 12.3 Å². The van der Waals surface area contributed by atoms with E-state index in [1.807, 2.05) is 6.92 Å². The highest BCUT2D eigenvalue weighted by Gasteiger charge is 2.17. The van der Waals surface area contributed by atoms with E-state index in [0.717, 1.165) is 36.9 Å². The van der Waals surface area contributed by atoms with E-state index in [9.17, 15) is 9.90 Å². The summed E-state index contributed by atoms with van der Waals surface area (Å²) in [4.78, 5) is 16.1. The lowest BCUT2D eigenvalue weighted by Gasteiger charge is -2.19. The minimum absolute atomic E-state index is 0.0623. The second kappa shape index (κ2) is 12.5. The second-order valence-corrected chi connectivity index (χ2v) is 8.20. The van der Waals surface area contributed by atoms with Gasteiger partial charge in [-0.2, -0.15) is 0 Å². The summed E-state index contributed by atoms with van der Waals surface area (Å²) in [6.45, 7) is 14.1. The van der Waals surface area contributed by atoms with Gasteiger partial charge >= 0.3 is 5.97 Å². The number of pyridine rings is 1. The molecule has 1 aliphatic heterocycles. The van der Waals surface area contributed by atoms with Gasteiger partial charge < -0.3 is 30.6 Å². The maximum Gasteiger partial charge on any atom is 0.342 e. The minimum Gasteiger partial charge on any atom is -0.488 e. The molecule has 4 N–H and O–H groups in total. The predicted molar refractivity (Wildman–Crippen MR) is 142 cm³/mol. The Hall–Kier alpha value is -4.17. The first kappa shape index (κ1) is 26.4. The minimum atomic E-state index is -1.28. The zero-order valence-electron chi connectivity index (χ0n) is 20.7. The van der Waals surface area contributed by atoms with E-state index in [2.05, 4.69) is 47.0 Å². The largest absolute Gasteiger partial charge is 0.488 e. The van der Waals surface area contributed by atoms with Crippen molar-refractivity contribution < 1.29 is 19.4 Å². The van der Waals surface area contributed by atoms with Crippen LogP contribution in [-0.4, -0.2) is 35.4 Å². The molecule has 0 spiro atoms. The first-order chi connectivity index (χ1) is 17.4. The van der Waals surface area contributed by atoms with Gasteiger partial charge in [-0.15, -0.1) is 0 Å². The Morgan fingerprint density at radius 1 is 1.28 bits per heavy atom. The van der Waals surface area contributed by atoms with Crippen molar-refractivity contribution >= 4 is 23.6 Å². The van der Waals surface area contributed by atoms with Gasteiger partial charge in [0.25, 0.3) is 0 Å². The number of rotatable bonds is 12. The highest BCUT2D eigenvalue weighted by molar-refractivity contribution is 6.08. The van der Waals surface area contributed by atoms with Crippen LogP contribution in [-0.2, 0) is 33.8 Å². The maximum absolute atomic E-state index is 11.5. The number of benzene rings is 1. The molecular formula is C28H32N4O4. The molecule has 0 bridgehead atoms. The Kier molecular flexibility index (Phi) is 9.19. The number of ether oxygens (including phenoxy) is 2. The van der Waals surface area contributed by atoms with Crippen LogP contribution < -0.4 is 10.6 Å². The summed E-state index contributed by atoms with van der Waals surface area (Å²) in [6.07, 6.45) is 3.38. The molecule has 0 amide bonds. The third-order valence-electron chi connectivity index (χ3n) is 5.55. The molecule has 3 rings (SSSR count). The Morgan fingerprint density at radius 2 is 2.08 bits per heavy atom. The van der Waals surface area contributed by atoms with E-state index in [1.165, 1.54) is 11.1 Å². The van der Waals surface area contributed by atoms with Crippen LogP contribution in [0.2, 0.25) is 0 Å². The van der Waals surface area contributed by atoms with Crippen molar-refractivity contribution in [3.8, 4) is 0 Å². The first-order valence-corrected chi connectivity index (χ1v) is 11.7. The SMILES string of the molecule is C=C/C(=C(/OCc1ccc2c(c1)CCNC2)C(=C)C)c1cccc(N/C(OCC)=C(\C=N)C(=O)O)n1. The van der Waals surface area contributed by atoms with Gasteiger partial charge in [-0.25, -0.2) is 9.78 Å². The molecule has 8 heteroatoms. The van der Waals surface area contributed by atoms with Gasteiger partial charge in [0.15, 0.2) is 0 Å². The summed E-state index contributed by atoms with van der Waals surface area (Å²) in [7, 11) is 0. The Labute approximate surface area is 211 Å². The molecule has 1 aromatic carbocycles. The van der Waals surface area contributed by atoms with Crippen LogP contribution in [0.1, 0.15) is 36.2 Å². The van der Waals surface area contributed by atoms with Crippen LogP contribution in [0.25, 0.3) is 5.57 Å². The quantitative estimate of drug-likeness (QED) is 0.147. The van der Waals surface area contributed by atoms with E-state index >= 15 is 0 Å². The molecule has 0 radical (unpaired) electrons. The number of nitrogens with one attached hydrogen (secondary N) is 3. The highest BCUT2D eigenvalue weighted by Crippen LogP contribution is 2.27. The third-order valence-corrected chi connectivity index (χ3v) is 5.55. The van der Waals surface area contributed by atoms with Crippen LogP contribution in [0, 0.1) is 5.41 Å². The molecule has 1 aromatic heterocycles. The monoisotopic (exact) mass is 488 g/mol. The number of anilines is 1. The number of nitrogens with zero attached hydrogens (tertiary/aromatic N) is 1. The number of hydrogen-bond donors (Lipinski definition) is 4. The van der Waals surface area contributed by atoms with Crippen molar-refractivity contribution in [1.29, 1.82) is 5.41 Å². The normalized spacial score (nSPS) is 13.9. The molecule has 0 aliphatic carbocycles. The summed E-state index contributed by atoms with van der Waals surface area (Å²) < 4.78 is 11.6. The smallest absolute Gasteiger partial charge is 0.342 e. The fourth-order valence-corrected chi connectivity index (χ4v) is 3.84. The molecule has 36 heavy (non-hydrogen) atoms. The molecule has 0 atom stereocenters. The molecule has 2 aromatic rings. The fourth-order valence-electron chi connectivity index (χ4n) is 3.84. The zero-order valence-corrected chi connectivity index (χ0v) is 20.7. The van der Waals surface area contributed by atoms with Crippen LogP contribution in [0.5, 0.6) is 0 Å². The van der Waals surface area contributed by atoms with Gasteiger partial charge in [0.1, 0.15) is 23.8 Å². The molecule has 0 saturated heterocycles. The highest BCUT2D eigenvalue weighted by atomic mass is 16.5. The maximum atomic E-state index is 11.5. The lowest BCUT2D eigenvalue weighted by Crippen LogP contribution is -2.23. The Bertz CT molecular complexity index is 1230. The third kappa shape index (κ3) is 6.49. The van der Waals surface area contributed by atoms with Crippen LogP contribution in [0.15, 0.2) is 78.4 Å². The van der Waals surface area contributed by atoms with Gasteiger partial charge in [0.2, 0.25) is 5.88 Å². The van der Waals surface area contributed by atoms with E-state index < -0.39 is 5.97 Å². The lowest BCUT2D eigenvalue weighted by molar-refractivity contribution is -0.132. The van der Waals surface area contributed by atoms with Crippen LogP contribution >= 0.6 is 0 Å². The summed E-state index contributed by atoms with van der Waals surface area (Å²) >= 11 is 0. The average Bonchev–Trinajstić information content (AvgIpc) is 2.86. The van der Waals surface area contributed by atoms with E-state index in [-0.39, 0.29) is 18.1 Å². The number of hydrogen-bond acceptors (Lipinski definition) is 7. The van der Waals surface area contributed by atoms with Crippen molar-refractivity contribution in [3.63, 3.8) is 0 Å². The fraction of sp³-hybridized carbons (Fsp3) is 0.250. The molecule has 0 fully saturated rings. The molecule has 0 unspecified atom stereocenters. The van der Waals surface area contributed by atoms with Gasteiger partial charge in [-0.3, -0.25) is 0 Å². The van der Waals surface area contributed by atoms with E-state index in [0.29, 0.717) is 29.5 Å². The Balaban J connectivity index is 1.90. The van der Waals surface area contributed by atoms with E-state index in [1.54, 1.807) is 31.2 Å². The number of aromatic nitrogens is 1. The molecule has 8 nitrogen and oxygen atoms in total. The number of carbonyl (C=O) groups is 1. The van der Waals surface area contributed by atoms with Crippen molar-refractivity contribution in [2.24, 2.45) is 0 Å². The van der Waals surface area contributed by atoms with E-state index in [4.69, 9.17) is 14.9 Å². The molecule has 188 valence electrons. The Morgan fingerprint density at radius 3 is 2.75 bits per heavy atom. The number of fused-ring (bicyclic) bond motifs is 1. The predicted octanol–water partition coefficient (Wildman–Crippen LogP) is 4.81. The number of allylic oxidation sites excluding steroid dienone is 3. The lowest BCUT2D eigenvalue weighted by atomic mass is 9.99. The molecular weight excluding hydrogens is 456 g/mol. The standard InChI is InChI=1S/C28H32N4O4/c1-5-22(24-8-7-9-25(31-24)32-27(35-6-2)23(15-29)28(33)34)26(18(3)4)36-17-19-10-11-21-16-30-13-12-20(21)14-19/h5,7-11,14-15,29-30H,1,3,6,12-13,16-17H2,2,4H3,(H,31,32)(H,33,34)/b26-22-,27-23-,29-15?. The van der Waals surface area contributed by atoms with Crippen LogP contribution in [0.3, 0.4) is 0 Å². The number of aliphatic carboxylic acids is 1. The average molecular weight is 489 g/mol. The van der Waals surface area contributed by atoms with Crippen molar-refractivity contribution in [1.82, 2.24) is 10.3 Å². The zero-order chi connectivity index (χ0) is 26.1. The van der Waals surface area contributed by atoms with Gasteiger partial charge in [-0.05, 0) is 61.2 Å². The van der Waals surface area contributed by atoms with Crippen LogP contribution in [0.4, 0.5) is 5.82 Å². The van der Waals surface area contributed by atoms with Gasteiger partial charge in [-0.1, -0.05) is 43.5 Å². The number of carboxylic acid groups (broad SMARTS) is 1. The molecule has 2 heterocycles. The van der Waals surface area contributed by atoms with Gasteiger partial charge in [0, 0.05) is 18.3 Å². The summed E-state index contributed by atoms with van der Waals surface area (Å²) in [5.74, 6) is -0.423. The first-order valence-electron chi connectivity index (χ1n) is 11.7.